The third-order valence-electron chi connectivity index (χ3n) is 3.28. The summed E-state index contributed by atoms with van der Waals surface area (Å²) in [6.07, 6.45) is 5.50. The summed E-state index contributed by atoms with van der Waals surface area (Å²) in [6, 6.07) is 6.66. The third-order valence-corrected chi connectivity index (χ3v) is 3.28. The van der Waals surface area contributed by atoms with Gasteiger partial charge in [-0.3, -0.25) is 9.67 Å². The number of hydrogen-bond acceptors (Lipinski definition) is 2. The van der Waals surface area contributed by atoms with Crippen LogP contribution in [0.15, 0.2) is 41.7 Å². The van der Waals surface area contributed by atoms with Crippen LogP contribution in [0, 0.1) is 5.82 Å². The van der Waals surface area contributed by atoms with Gasteiger partial charge in [0.1, 0.15) is 5.82 Å². The fraction of sp³-hybridized carbons (Fsp3) is 0.375. The summed E-state index contributed by atoms with van der Waals surface area (Å²) < 4.78 is 14.9. The van der Waals surface area contributed by atoms with E-state index in [1.807, 2.05) is 25.5 Å². The van der Waals surface area contributed by atoms with Crippen molar-refractivity contribution >= 4 is 29.9 Å². The second-order valence-electron chi connectivity index (χ2n) is 5.08. The first-order valence-corrected chi connectivity index (χ1v) is 7.34. The zero-order chi connectivity index (χ0) is 15.8. The van der Waals surface area contributed by atoms with Crippen LogP contribution in [0.25, 0.3) is 0 Å². The minimum atomic E-state index is -0.198. The molecule has 0 amide bonds. The average molecular weight is 431 g/mol. The van der Waals surface area contributed by atoms with Crippen LogP contribution in [0.2, 0.25) is 0 Å². The molecule has 2 aromatic rings. The van der Waals surface area contributed by atoms with Gasteiger partial charge in [-0.25, -0.2) is 4.39 Å². The molecule has 0 saturated heterocycles. The Kier molecular flexibility index (Phi) is 8.60. The maximum atomic E-state index is 13.1. The van der Waals surface area contributed by atoms with Gasteiger partial charge in [0.25, 0.3) is 0 Å². The van der Waals surface area contributed by atoms with Crippen molar-refractivity contribution in [3.05, 3.63) is 53.6 Å². The van der Waals surface area contributed by atoms with Gasteiger partial charge in [0.2, 0.25) is 0 Å². The van der Waals surface area contributed by atoms with E-state index in [-0.39, 0.29) is 29.8 Å². The van der Waals surface area contributed by atoms with Crippen molar-refractivity contribution in [1.82, 2.24) is 20.4 Å². The van der Waals surface area contributed by atoms with Crippen molar-refractivity contribution in [3.63, 3.8) is 0 Å². The number of nitrogens with one attached hydrogen (secondary N) is 2. The summed E-state index contributed by atoms with van der Waals surface area (Å²) in [4.78, 5) is 4.17. The van der Waals surface area contributed by atoms with E-state index in [1.165, 1.54) is 11.6 Å². The molecular formula is C16H23FIN5. The van der Waals surface area contributed by atoms with Gasteiger partial charge in [0.15, 0.2) is 5.96 Å². The van der Waals surface area contributed by atoms with Gasteiger partial charge in [-0.2, -0.15) is 5.10 Å². The number of aromatic nitrogens is 2. The molecule has 23 heavy (non-hydrogen) atoms. The van der Waals surface area contributed by atoms with Crippen LogP contribution in [-0.4, -0.2) is 35.9 Å². The van der Waals surface area contributed by atoms with Gasteiger partial charge >= 0.3 is 0 Å². The summed E-state index contributed by atoms with van der Waals surface area (Å²) in [6.45, 7) is 1.49. The third kappa shape index (κ3) is 6.98. The molecule has 7 heteroatoms. The van der Waals surface area contributed by atoms with Gasteiger partial charge < -0.3 is 10.6 Å². The van der Waals surface area contributed by atoms with Crippen LogP contribution in [-0.2, 0) is 19.9 Å². The number of hydrogen-bond donors (Lipinski definition) is 2. The van der Waals surface area contributed by atoms with E-state index in [0.29, 0.717) is 6.54 Å². The Bertz CT molecular complexity index is 626. The summed E-state index contributed by atoms with van der Waals surface area (Å²) in [7, 11) is 3.64. The van der Waals surface area contributed by atoms with Crippen molar-refractivity contribution in [2.75, 3.05) is 20.1 Å². The maximum Gasteiger partial charge on any atom is 0.190 e. The fourth-order valence-corrected chi connectivity index (χ4v) is 2.16. The fourth-order valence-electron chi connectivity index (χ4n) is 2.16. The minimum Gasteiger partial charge on any atom is -0.356 e. The van der Waals surface area contributed by atoms with Crippen LogP contribution >= 0.6 is 24.0 Å². The normalized spacial score (nSPS) is 11.0. The molecule has 0 fully saturated rings. The van der Waals surface area contributed by atoms with Crippen LogP contribution in [0.4, 0.5) is 4.39 Å². The molecule has 126 valence electrons. The summed E-state index contributed by atoms with van der Waals surface area (Å²) in [5.41, 5.74) is 2.16. The van der Waals surface area contributed by atoms with Crippen molar-refractivity contribution in [2.45, 2.75) is 12.8 Å². The van der Waals surface area contributed by atoms with E-state index in [1.54, 1.807) is 23.9 Å². The number of benzene rings is 1. The van der Waals surface area contributed by atoms with Crippen LogP contribution in [0.5, 0.6) is 0 Å². The number of halogens is 2. The number of aryl methyl sites for hydroxylation is 1. The zero-order valence-electron chi connectivity index (χ0n) is 13.4. The molecule has 0 saturated carbocycles. The van der Waals surface area contributed by atoms with E-state index in [2.05, 4.69) is 20.7 Å². The van der Waals surface area contributed by atoms with Crippen LogP contribution in [0.3, 0.4) is 0 Å². The van der Waals surface area contributed by atoms with Crippen molar-refractivity contribution in [3.8, 4) is 0 Å². The number of rotatable bonds is 6. The molecule has 2 rings (SSSR count). The highest BCUT2D eigenvalue weighted by Gasteiger charge is 2.00. The van der Waals surface area contributed by atoms with Gasteiger partial charge in [-0.05, 0) is 36.1 Å². The second kappa shape index (κ2) is 10.2. The molecule has 1 aromatic heterocycles. The second-order valence-corrected chi connectivity index (χ2v) is 5.08. The Balaban J connectivity index is 0.00000264. The van der Waals surface area contributed by atoms with E-state index >= 15 is 0 Å². The first-order chi connectivity index (χ1) is 10.7. The molecule has 0 atom stereocenters. The Morgan fingerprint density at radius 1 is 1.22 bits per heavy atom. The molecule has 0 aliphatic heterocycles. The van der Waals surface area contributed by atoms with E-state index in [9.17, 15) is 4.39 Å². The predicted octanol–water partition coefficient (Wildman–Crippen LogP) is 2.13. The molecule has 0 bridgehead atoms. The largest absolute Gasteiger partial charge is 0.356 e. The summed E-state index contributed by atoms with van der Waals surface area (Å²) in [5, 5.41) is 10.6. The Labute approximate surface area is 153 Å². The van der Waals surface area contributed by atoms with Gasteiger partial charge in [0, 0.05) is 33.4 Å². The monoisotopic (exact) mass is 431 g/mol. The molecule has 5 nitrogen and oxygen atoms in total. The van der Waals surface area contributed by atoms with Crippen molar-refractivity contribution in [2.24, 2.45) is 12.0 Å². The lowest BCUT2D eigenvalue weighted by atomic mass is 10.1. The number of aliphatic imine (C=N–C) groups is 1. The first-order valence-electron chi connectivity index (χ1n) is 7.34. The standard InChI is InChI=1S/C16H22FN5.HI/c1-18-16(20-9-7-14-11-21-22(2)12-14)19-8-6-13-4-3-5-15(17)10-13;/h3-5,10-12H,6-9H2,1-2H3,(H2,18,19,20);1H. The van der Waals surface area contributed by atoms with Crippen LogP contribution < -0.4 is 10.6 Å². The summed E-state index contributed by atoms with van der Waals surface area (Å²) in [5.74, 6) is 0.553. The Morgan fingerprint density at radius 2 is 1.91 bits per heavy atom. The highest BCUT2D eigenvalue weighted by molar-refractivity contribution is 14.0. The SMILES string of the molecule is CN=C(NCCc1cccc(F)c1)NCCc1cnn(C)c1.I. The number of nitrogens with zero attached hydrogens (tertiary/aromatic N) is 3. The topological polar surface area (TPSA) is 54.2 Å². The molecule has 0 aliphatic carbocycles. The van der Waals surface area contributed by atoms with Crippen LogP contribution in [0.1, 0.15) is 11.1 Å². The van der Waals surface area contributed by atoms with Gasteiger partial charge in [0.05, 0.1) is 6.20 Å². The quantitative estimate of drug-likeness (QED) is 0.419. The highest BCUT2D eigenvalue weighted by Crippen LogP contribution is 2.03. The summed E-state index contributed by atoms with van der Waals surface area (Å²) >= 11 is 0. The molecule has 0 unspecified atom stereocenters. The van der Waals surface area contributed by atoms with E-state index < -0.39 is 0 Å². The van der Waals surface area contributed by atoms with Gasteiger partial charge in [-0.15, -0.1) is 24.0 Å². The van der Waals surface area contributed by atoms with E-state index in [4.69, 9.17) is 0 Å². The number of guanidine groups is 1. The van der Waals surface area contributed by atoms with E-state index in [0.717, 1.165) is 30.9 Å². The molecule has 0 aliphatic rings. The average Bonchev–Trinajstić information content (AvgIpc) is 2.91. The molecule has 1 heterocycles. The van der Waals surface area contributed by atoms with Gasteiger partial charge in [-0.1, -0.05) is 12.1 Å². The smallest absolute Gasteiger partial charge is 0.190 e. The molecule has 2 N–H and O–H groups in total. The Morgan fingerprint density at radius 3 is 2.48 bits per heavy atom. The lowest BCUT2D eigenvalue weighted by molar-refractivity contribution is 0.625. The maximum absolute atomic E-state index is 13.1. The predicted molar refractivity (Wildman–Crippen MR) is 102 cm³/mol. The first kappa shape index (κ1) is 19.4. The Hall–Kier alpha value is -1.64. The highest BCUT2D eigenvalue weighted by atomic mass is 127. The lowest BCUT2D eigenvalue weighted by Gasteiger charge is -2.11. The van der Waals surface area contributed by atoms with Crippen molar-refractivity contribution in [1.29, 1.82) is 0 Å². The molecule has 0 spiro atoms. The molecule has 0 radical (unpaired) electrons. The zero-order valence-corrected chi connectivity index (χ0v) is 15.8. The lowest BCUT2D eigenvalue weighted by Crippen LogP contribution is -2.39. The molecule has 1 aromatic carbocycles. The van der Waals surface area contributed by atoms with Crippen molar-refractivity contribution < 1.29 is 4.39 Å². The minimum absolute atomic E-state index is 0. The molecular weight excluding hydrogens is 408 g/mol.